The van der Waals surface area contributed by atoms with Gasteiger partial charge >= 0.3 is 11.9 Å². The Hall–Kier alpha value is -5.82. The van der Waals surface area contributed by atoms with Crippen LogP contribution >= 0.6 is 23.2 Å². The van der Waals surface area contributed by atoms with E-state index in [-0.39, 0.29) is 23.8 Å². The summed E-state index contributed by atoms with van der Waals surface area (Å²) in [7, 11) is 0. The zero-order valence-corrected chi connectivity index (χ0v) is 36.3. The second kappa shape index (κ2) is 17.6. The SMILES string of the molecule is C=C(C)C(=O)OC1=CC=CC2C(N(C3=CCC(C4=CCC(N(C5=CCCC=C5)C5(C)CC=Cc6c(OC(=O)C(=C)C)cccc65)C(Cl)=C4)C=C3Cl)c3ccccc3)=CC=CC12. The van der Waals surface area contributed by atoms with Gasteiger partial charge in [-0.05, 0) is 107 Å². The maximum absolute atomic E-state index is 12.7. The van der Waals surface area contributed by atoms with Crippen molar-refractivity contribution >= 4 is 46.9 Å². The van der Waals surface area contributed by atoms with E-state index in [0.29, 0.717) is 34.1 Å². The van der Waals surface area contributed by atoms with Crippen LogP contribution in [0, 0.1) is 17.8 Å². The lowest BCUT2D eigenvalue weighted by Crippen LogP contribution is -2.50. The fourth-order valence-electron chi connectivity index (χ4n) is 9.14. The Morgan fingerprint density at radius 2 is 1.57 bits per heavy atom. The van der Waals surface area contributed by atoms with Crippen molar-refractivity contribution in [3.63, 3.8) is 0 Å². The summed E-state index contributed by atoms with van der Waals surface area (Å²) in [4.78, 5) is 30.0. The second-order valence-corrected chi connectivity index (χ2v) is 17.3. The molecule has 6 aliphatic rings. The normalized spacial score (nSPS) is 24.9. The smallest absolute Gasteiger partial charge is 0.338 e. The average molecular weight is 850 g/mol. The van der Waals surface area contributed by atoms with Gasteiger partial charge in [0.15, 0.2) is 0 Å². The molecule has 0 radical (unpaired) electrons. The first-order valence-electron chi connectivity index (χ1n) is 20.9. The van der Waals surface area contributed by atoms with Gasteiger partial charge in [0, 0.05) is 56.6 Å². The molecule has 0 fully saturated rings. The highest BCUT2D eigenvalue weighted by Crippen LogP contribution is 2.49. The minimum absolute atomic E-state index is 0.0175. The van der Waals surface area contributed by atoms with Crippen LogP contribution in [-0.2, 0) is 19.9 Å². The number of carbonyl (C=O) groups excluding carboxylic acids is 2. The molecule has 0 aliphatic heterocycles. The maximum atomic E-state index is 12.7. The molecule has 0 heterocycles. The number of ether oxygens (including phenoxy) is 2. The molecule has 2 aromatic carbocycles. The van der Waals surface area contributed by atoms with Crippen LogP contribution in [0.1, 0.15) is 64.0 Å². The van der Waals surface area contributed by atoms with Crippen molar-refractivity contribution in [1.82, 2.24) is 4.90 Å². The molecule has 6 aliphatic carbocycles. The number of hydrogen-bond acceptors (Lipinski definition) is 6. The molecular formula is C53H50Cl2N2O4. The predicted octanol–water partition coefficient (Wildman–Crippen LogP) is 12.9. The van der Waals surface area contributed by atoms with Crippen molar-refractivity contribution in [3.8, 4) is 5.75 Å². The Labute approximate surface area is 369 Å². The van der Waals surface area contributed by atoms with Gasteiger partial charge in [-0.1, -0.05) is 134 Å². The molecule has 0 aromatic heterocycles. The molecule has 0 amide bonds. The van der Waals surface area contributed by atoms with Crippen LogP contribution in [0.2, 0.25) is 0 Å². The van der Waals surface area contributed by atoms with E-state index >= 15 is 0 Å². The molecule has 61 heavy (non-hydrogen) atoms. The Kier molecular flexibility index (Phi) is 12.1. The van der Waals surface area contributed by atoms with E-state index in [1.54, 1.807) is 13.8 Å². The van der Waals surface area contributed by atoms with E-state index in [4.69, 9.17) is 32.7 Å². The van der Waals surface area contributed by atoms with Gasteiger partial charge in [0.25, 0.3) is 0 Å². The third-order valence-electron chi connectivity index (χ3n) is 12.2. The summed E-state index contributed by atoms with van der Waals surface area (Å²) >= 11 is 14.8. The fourth-order valence-corrected chi connectivity index (χ4v) is 9.76. The minimum Gasteiger partial charge on any atom is -0.427 e. The molecule has 5 unspecified atom stereocenters. The van der Waals surface area contributed by atoms with E-state index < -0.39 is 17.5 Å². The number of rotatable bonds is 11. The van der Waals surface area contributed by atoms with Crippen LogP contribution in [0.25, 0.3) is 6.08 Å². The number of para-hydroxylation sites is 1. The first kappa shape index (κ1) is 41.9. The number of esters is 2. The molecule has 0 saturated heterocycles. The molecule has 0 bridgehead atoms. The molecule has 5 atom stereocenters. The van der Waals surface area contributed by atoms with Gasteiger partial charge in [-0.2, -0.15) is 0 Å². The molecule has 0 saturated carbocycles. The molecule has 8 rings (SSSR count). The van der Waals surface area contributed by atoms with Crippen LogP contribution in [-0.4, -0.2) is 22.9 Å². The van der Waals surface area contributed by atoms with Crippen LogP contribution in [0.5, 0.6) is 5.75 Å². The van der Waals surface area contributed by atoms with Gasteiger partial charge in [0.2, 0.25) is 0 Å². The number of carbonyl (C=O) groups is 2. The van der Waals surface area contributed by atoms with Crippen molar-refractivity contribution in [3.05, 3.63) is 208 Å². The number of halogens is 2. The first-order chi connectivity index (χ1) is 29.4. The molecule has 2 aromatic rings. The lowest BCUT2D eigenvalue weighted by molar-refractivity contribution is -0.135. The Morgan fingerprint density at radius 1 is 0.820 bits per heavy atom. The first-order valence-corrected chi connectivity index (χ1v) is 21.7. The fraction of sp³-hybridized carbons (Fsp3) is 0.245. The number of fused-ring (bicyclic) bond motifs is 2. The number of nitrogens with zero attached hydrogens (tertiary/aromatic N) is 2. The van der Waals surface area contributed by atoms with Crippen LogP contribution in [0.3, 0.4) is 0 Å². The summed E-state index contributed by atoms with van der Waals surface area (Å²) < 4.78 is 11.7. The van der Waals surface area contributed by atoms with Gasteiger partial charge < -0.3 is 19.3 Å². The monoisotopic (exact) mass is 848 g/mol. The van der Waals surface area contributed by atoms with Gasteiger partial charge in [-0.15, -0.1) is 0 Å². The lowest BCUT2D eigenvalue weighted by Gasteiger charge is -2.50. The summed E-state index contributed by atoms with van der Waals surface area (Å²) in [6, 6.07) is 16.0. The second-order valence-electron chi connectivity index (χ2n) is 16.5. The third-order valence-corrected chi connectivity index (χ3v) is 12.9. The number of benzene rings is 2. The van der Waals surface area contributed by atoms with Gasteiger partial charge in [0.05, 0.1) is 22.3 Å². The van der Waals surface area contributed by atoms with Crippen molar-refractivity contribution in [2.45, 2.75) is 64.5 Å². The minimum atomic E-state index is -0.502. The standard InChI is InChI=1S/C53H50Cl2N2O4/c1-34(2)51(58)60-49-25-13-20-40-41(49)21-12-24-46(40)56(38-16-8-6-9-17-38)47-29-27-36(32-44(47)54)37-28-30-48(45(55)33-37)57(39-18-10-7-11-19-39)53(5)31-15-22-42-43(53)23-14-26-50(42)61-52(59)35(3)4/h6,8-10,12-26,28-29,32-33,36,40-41,48H,1,3,7,11,27,30-31H2,2,4-5H3. The van der Waals surface area contributed by atoms with E-state index in [2.05, 4.69) is 121 Å². The zero-order valence-electron chi connectivity index (χ0n) is 34.8. The summed E-state index contributed by atoms with van der Waals surface area (Å²) in [6.07, 6.45) is 36.1. The summed E-state index contributed by atoms with van der Waals surface area (Å²) in [5.74, 6) is -0.0369. The highest BCUT2D eigenvalue weighted by atomic mass is 35.5. The quantitative estimate of drug-likeness (QED) is 0.128. The van der Waals surface area contributed by atoms with Crippen LogP contribution < -0.4 is 9.64 Å². The average Bonchev–Trinajstić information content (AvgIpc) is 3.26. The topological polar surface area (TPSA) is 59.1 Å². The van der Waals surface area contributed by atoms with Crippen molar-refractivity contribution < 1.29 is 19.1 Å². The molecule has 310 valence electrons. The maximum Gasteiger partial charge on any atom is 0.338 e. The largest absolute Gasteiger partial charge is 0.427 e. The molecule has 0 spiro atoms. The summed E-state index contributed by atoms with van der Waals surface area (Å²) in [5, 5.41) is 1.40. The van der Waals surface area contributed by atoms with Gasteiger partial charge in [-0.25, -0.2) is 9.59 Å². The third kappa shape index (κ3) is 8.32. The zero-order chi connectivity index (χ0) is 42.8. The van der Waals surface area contributed by atoms with E-state index in [1.165, 1.54) is 0 Å². The van der Waals surface area contributed by atoms with Crippen LogP contribution in [0.4, 0.5) is 5.69 Å². The molecule has 8 heteroatoms. The van der Waals surface area contributed by atoms with Crippen LogP contribution in [0.15, 0.2) is 196 Å². The number of anilines is 1. The van der Waals surface area contributed by atoms with E-state index in [9.17, 15) is 9.59 Å². The highest BCUT2D eigenvalue weighted by Gasteiger charge is 2.43. The van der Waals surface area contributed by atoms with Crippen molar-refractivity contribution in [1.29, 1.82) is 0 Å². The van der Waals surface area contributed by atoms with Gasteiger partial charge in [-0.3, -0.25) is 0 Å². The number of hydrogen-bond donors (Lipinski definition) is 0. The molecule has 0 N–H and O–H groups in total. The Morgan fingerprint density at radius 3 is 2.30 bits per heavy atom. The van der Waals surface area contributed by atoms with E-state index in [0.717, 1.165) is 70.2 Å². The molecular weight excluding hydrogens is 799 g/mol. The Bertz CT molecular complexity index is 2520. The molecule has 6 nitrogen and oxygen atoms in total. The van der Waals surface area contributed by atoms with Crippen molar-refractivity contribution in [2.75, 3.05) is 4.90 Å². The summed E-state index contributed by atoms with van der Waals surface area (Å²) in [6.45, 7) is 13.1. The number of allylic oxidation sites excluding steroid dienone is 14. The Balaban J connectivity index is 1.07. The van der Waals surface area contributed by atoms with Crippen molar-refractivity contribution in [2.24, 2.45) is 17.8 Å². The van der Waals surface area contributed by atoms with E-state index in [1.807, 2.05) is 48.6 Å². The predicted molar refractivity (Wildman–Crippen MR) is 248 cm³/mol. The summed E-state index contributed by atoms with van der Waals surface area (Å²) in [5.41, 5.74) is 7.29. The highest BCUT2D eigenvalue weighted by molar-refractivity contribution is 6.32. The lowest BCUT2D eigenvalue weighted by atomic mass is 9.77. The van der Waals surface area contributed by atoms with Gasteiger partial charge in [0.1, 0.15) is 11.5 Å².